The van der Waals surface area contributed by atoms with Crippen molar-refractivity contribution in [1.29, 1.82) is 0 Å². The quantitative estimate of drug-likeness (QED) is 0.0886. The van der Waals surface area contributed by atoms with E-state index in [1.165, 1.54) is 159 Å². The van der Waals surface area contributed by atoms with Crippen LogP contribution in [0.3, 0.4) is 0 Å². The van der Waals surface area contributed by atoms with Gasteiger partial charge in [-0.25, -0.2) is 0 Å². The van der Waals surface area contributed by atoms with Gasteiger partial charge < -0.3 is 9.22 Å². The number of quaternary nitrogens is 1. The molecule has 0 saturated carbocycles. The predicted molar refractivity (Wildman–Crippen MR) is 146 cm³/mol. The van der Waals surface area contributed by atoms with Crippen molar-refractivity contribution in [1.82, 2.24) is 0 Å². The van der Waals surface area contributed by atoms with Crippen LogP contribution in [0.4, 0.5) is 0 Å². The lowest BCUT2D eigenvalue weighted by molar-refractivity contribution is -0.927. The SMILES string of the molecule is CCCCCCCCCC[N+](CC)(CCCCCCCCCC)CCOCCCCCC. The molecular weight excluding hydrogens is 390 g/mol. The Bertz CT molecular complexity index is 324. The molecule has 0 N–H and O–H groups in total. The first-order valence-corrected chi connectivity index (χ1v) is 15.2. The van der Waals surface area contributed by atoms with E-state index >= 15 is 0 Å². The highest BCUT2D eigenvalue weighted by Crippen LogP contribution is 2.16. The van der Waals surface area contributed by atoms with Crippen molar-refractivity contribution in [2.24, 2.45) is 0 Å². The number of unbranched alkanes of at least 4 members (excludes halogenated alkanes) is 17. The highest BCUT2D eigenvalue weighted by Gasteiger charge is 2.24. The van der Waals surface area contributed by atoms with Crippen LogP contribution in [0, 0.1) is 0 Å². The van der Waals surface area contributed by atoms with Gasteiger partial charge in [-0.2, -0.15) is 0 Å². The van der Waals surface area contributed by atoms with E-state index in [1.54, 1.807) is 0 Å². The molecule has 0 radical (unpaired) electrons. The Kier molecular flexibility index (Phi) is 25.5. The summed E-state index contributed by atoms with van der Waals surface area (Å²) in [7, 11) is 0. The van der Waals surface area contributed by atoms with Gasteiger partial charge in [0.05, 0.1) is 26.2 Å². The summed E-state index contributed by atoms with van der Waals surface area (Å²) in [5.74, 6) is 0. The molecule has 32 heavy (non-hydrogen) atoms. The lowest BCUT2D eigenvalue weighted by Crippen LogP contribution is -2.51. The molecule has 0 saturated heterocycles. The van der Waals surface area contributed by atoms with E-state index in [2.05, 4.69) is 27.7 Å². The molecule has 0 aliphatic carbocycles. The van der Waals surface area contributed by atoms with Gasteiger partial charge in [0.15, 0.2) is 0 Å². The third-order valence-corrected chi connectivity index (χ3v) is 7.50. The van der Waals surface area contributed by atoms with Crippen molar-refractivity contribution in [3.8, 4) is 0 Å². The van der Waals surface area contributed by atoms with Crippen molar-refractivity contribution in [3.05, 3.63) is 0 Å². The molecule has 0 aromatic rings. The lowest BCUT2D eigenvalue weighted by atomic mass is 10.1. The van der Waals surface area contributed by atoms with Crippen LogP contribution in [0.25, 0.3) is 0 Å². The fourth-order valence-electron chi connectivity index (χ4n) is 4.96. The number of hydrogen-bond donors (Lipinski definition) is 0. The van der Waals surface area contributed by atoms with Crippen LogP contribution in [0.5, 0.6) is 0 Å². The second kappa shape index (κ2) is 25.5. The fourth-order valence-corrected chi connectivity index (χ4v) is 4.96. The van der Waals surface area contributed by atoms with E-state index in [0.29, 0.717) is 0 Å². The molecule has 0 unspecified atom stereocenters. The molecule has 0 aliphatic rings. The molecule has 0 aliphatic heterocycles. The fraction of sp³-hybridized carbons (Fsp3) is 1.00. The van der Waals surface area contributed by atoms with Gasteiger partial charge in [0.2, 0.25) is 0 Å². The Hall–Kier alpha value is -0.0800. The minimum absolute atomic E-state index is 0.966. The summed E-state index contributed by atoms with van der Waals surface area (Å²) in [4.78, 5) is 0. The Balaban J connectivity index is 4.22. The molecule has 0 rings (SSSR count). The standard InChI is InChI=1S/C30H64NO/c1-5-9-12-15-17-19-21-23-26-31(8-4,28-30-32-29-25-14-11-7-3)27-24-22-20-18-16-13-10-6-2/h5-30H2,1-4H3/q+1. The second-order valence-electron chi connectivity index (χ2n) is 10.5. The van der Waals surface area contributed by atoms with Crippen LogP contribution in [0.1, 0.15) is 156 Å². The van der Waals surface area contributed by atoms with Crippen LogP contribution in [-0.2, 0) is 4.74 Å². The second-order valence-corrected chi connectivity index (χ2v) is 10.5. The van der Waals surface area contributed by atoms with E-state index in [-0.39, 0.29) is 0 Å². The first-order chi connectivity index (χ1) is 15.7. The predicted octanol–water partition coefficient (Wildman–Crippen LogP) is 9.70. The molecule has 0 fully saturated rings. The zero-order valence-corrected chi connectivity index (χ0v) is 23.2. The largest absolute Gasteiger partial charge is 0.376 e. The third kappa shape index (κ3) is 20.5. The van der Waals surface area contributed by atoms with Crippen molar-refractivity contribution >= 4 is 0 Å². The number of likely N-dealkylation sites (N-methyl/N-ethyl adjacent to an activating group) is 1. The zero-order chi connectivity index (χ0) is 23.6. The maximum Gasteiger partial charge on any atom is 0.102 e. The first-order valence-electron chi connectivity index (χ1n) is 15.2. The summed E-state index contributed by atoms with van der Waals surface area (Å²) in [6.45, 7) is 16.5. The number of ether oxygens (including phenoxy) is 1. The number of hydrogen-bond acceptors (Lipinski definition) is 1. The van der Waals surface area contributed by atoms with Crippen LogP contribution in [-0.4, -0.2) is 43.9 Å². The van der Waals surface area contributed by atoms with Gasteiger partial charge in [-0.3, -0.25) is 0 Å². The van der Waals surface area contributed by atoms with Gasteiger partial charge in [0.1, 0.15) is 6.54 Å². The highest BCUT2D eigenvalue weighted by atomic mass is 16.5. The van der Waals surface area contributed by atoms with Gasteiger partial charge in [-0.05, 0) is 39.0 Å². The summed E-state index contributed by atoms with van der Waals surface area (Å²) in [6, 6.07) is 0. The van der Waals surface area contributed by atoms with Crippen LogP contribution in [0.2, 0.25) is 0 Å². The van der Waals surface area contributed by atoms with Crippen molar-refractivity contribution in [3.63, 3.8) is 0 Å². The molecule has 0 bridgehead atoms. The van der Waals surface area contributed by atoms with Crippen molar-refractivity contribution in [2.75, 3.05) is 39.4 Å². The smallest absolute Gasteiger partial charge is 0.102 e. The van der Waals surface area contributed by atoms with E-state index in [0.717, 1.165) is 13.2 Å². The van der Waals surface area contributed by atoms with Gasteiger partial charge in [0.25, 0.3) is 0 Å². The normalized spacial score (nSPS) is 12.0. The average Bonchev–Trinajstić information content (AvgIpc) is 2.81. The molecule has 0 amide bonds. The molecular formula is C30H64NO+. The third-order valence-electron chi connectivity index (χ3n) is 7.50. The van der Waals surface area contributed by atoms with Crippen LogP contribution < -0.4 is 0 Å². The molecule has 0 aromatic carbocycles. The lowest BCUT2D eigenvalue weighted by Gasteiger charge is -2.38. The molecule has 194 valence electrons. The molecule has 0 atom stereocenters. The summed E-state index contributed by atoms with van der Waals surface area (Å²) in [5, 5.41) is 0. The Morgan fingerprint density at radius 1 is 0.375 bits per heavy atom. The first kappa shape index (κ1) is 31.9. The maximum atomic E-state index is 6.09. The van der Waals surface area contributed by atoms with Gasteiger partial charge in [-0.1, -0.05) is 117 Å². The molecule has 0 heterocycles. The molecule has 2 nitrogen and oxygen atoms in total. The monoisotopic (exact) mass is 454 g/mol. The molecule has 2 heteroatoms. The summed E-state index contributed by atoms with van der Waals surface area (Å²) in [5.41, 5.74) is 0. The minimum Gasteiger partial charge on any atom is -0.376 e. The van der Waals surface area contributed by atoms with Gasteiger partial charge in [0, 0.05) is 6.61 Å². The summed E-state index contributed by atoms with van der Waals surface area (Å²) in [6.07, 6.45) is 28.1. The minimum atomic E-state index is 0.966. The highest BCUT2D eigenvalue weighted by molar-refractivity contribution is 4.52. The topological polar surface area (TPSA) is 9.23 Å². The van der Waals surface area contributed by atoms with Gasteiger partial charge >= 0.3 is 0 Å². The molecule has 0 aromatic heterocycles. The Morgan fingerprint density at radius 3 is 1.16 bits per heavy atom. The Morgan fingerprint density at radius 2 is 0.750 bits per heavy atom. The van der Waals surface area contributed by atoms with Crippen LogP contribution >= 0.6 is 0 Å². The van der Waals surface area contributed by atoms with Crippen LogP contribution in [0.15, 0.2) is 0 Å². The molecule has 0 spiro atoms. The zero-order valence-electron chi connectivity index (χ0n) is 23.2. The van der Waals surface area contributed by atoms with E-state index < -0.39 is 0 Å². The van der Waals surface area contributed by atoms with Gasteiger partial charge in [-0.15, -0.1) is 0 Å². The number of rotatable bonds is 27. The van der Waals surface area contributed by atoms with E-state index in [1.807, 2.05) is 0 Å². The van der Waals surface area contributed by atoms with Crippen molar-refractivity contribution < 1.29 is 9.22 Å². The van der Waals surface area contributed by atoms with E-state index in [9.17, 15) is 0 Å². The Labute approximate surface area is 204 Å². The average molecular weight is 455 g/mol. The number of nitrogens with zero attached hydrogens (tertiary/aromatic N) is 1. The van der Waals surface area contributed by atoms with E-state index in [4.69, 9.17) is 4.74 Å². The maximum absolute atomic E-state index is 6.09. The summed E-state index contributed by atoms with van der Waals surface area (Å²) < 4.78 is 7.39. The van der Waals surface area contributed by atoms with Crippen molar-refractivity contribution in [2.45, 2.75) is 156 Å². The summed E-state index contributed by atoms with van der Waals surface area (Å²) >= 11 is 0.